The van der Waals surface area contributed by atoms with Gasteiger partial charge in [0.15, 0.2) is 23.9 Å². The third-order valence-corrected chi connectivity index (χ3v) is 4.59. The zero-order chi connectivity index (χ0) is 14.4. The van der Waals surface area contributed by atoms with E-state index >= 15 is 0 Å². The maximum Gasteiger partial charge on any atom is 0.194 e. The first-order valence-corrected chi connectivity index (χ1v) is 10.9. The van der Waals surface area contributed by atoms with Gasteiger partial charge in [0.05, 0.1) is 0 Å². The van der Waals surface area contributed by atoms with Crippen molar-refractivity contribution in [1.29, 1.82) is 0 Å². The van der Waals surface area contributed by atoms with Crippen molar-refractivity contribution < 1.29 is 0 Å². The molecule has 3 nitrogen and oxygen atoms in total. The second-order valence-corrected chi connectivity index (χ2v) is 23.1. The molecule has 0 fully saturated rings. The molecule has 0 unspecified atom stereocenters. The molecule has 1 heterocycles. The van der Waals surface area contributed by atoms with E-state index in [2.05, 4.69) is 158 Å². The van der Waals surface area contributed by atoms with E-state index < -0.39 is 6.43 Å². The van der Waals surface area contributed by atoms with Crippen molar-refractivity contribution in [1.82, 2.24) is 15.0 Å². The van der Waals surface area contributed by atoms with Crippen molar-refractivity contribution in [2.75, 3.05) is 0 Å². The van der Waals surface area contributed by atoms with Crippen LogP contribution < -0.4 is 0 Å². The molecular weight excluding hydrogens is 833 g/mol. The molecule has 18 heavy (non-hydrogen) atoms. The van der Waals surface area contributed by atoms with Gasteiger partial charge in [-0.15, -0.1) is 0 Å². The number of hydrogen-bond acceptors (Lipinski definition) is 3. The van der Waals surface area contributed by atoms with Gasteiger partial charge in [-0.3, -0.25) is 0 Å². The van der Waals surface area contributed by atoms with Crippen LogP contribution in [-0.2, 0) is 6.43 Å². The molecule has 0 aromatic carbocycles. The highest BCUT2D eigenvalue weighted by Crippen LogP contribution is 2.49. The van der Waals surface area contributed by atoms with E-state index in [1.54, 1.807) is 0 Å². The van der Waals surface area contributed by atoms with Gasteiger partial charge in [0.2, 0.25) is 0 Å². The van der Waals surface area contributed by atoms with Gasteiger partial charge in [-0.05, 0) is 0 Å². The van der Waals surface area contributed by atoms with Crippen molar-refractivity contribution in [2.45, 2.75) is 6.43 Å². The van der Waals surface area contributed by atoms with Crippen LogP contribution in [0.15, 0.2) is 0 Å². The highest BCUT2D eigenvalue weighted by atomic mass is 80.0. The number of halogens is 9. The van der Waals surface area contributed by atoms with Gasteiger partial charge in [-0.2, -0.15) is 0 Å². The Kier molecular flexibility index (Phi) is 7.36. The summed E-state index contributed by atoms with van der Waals surface area (Å²) in [6, 6.07) is 0. The third-order valence-electron chi connectivity index (χ3n) is 1.40. The average Bonchev–Trinajstić information content (AvgIpc) is 2.13. The number of alkyl halides is 9. The maximum absolute atomic E-state index is 4.32. The first-order chi connectivity index (χ1) is 7.82. The minimum atomic E-state index is -0.740. The smallest absolute Gasteiger partial charge is 0.194 e. The SMILES string of the molecule is BrC(Br)(Br)c1nc(C(Br)(Br)Br)nc(C(Br)(Br)Br)n1. The van der Waals surface area contributed by atoms with Crippen LogP contribution in [-0.4, -0.2) is 15.0 Å². The molecule has 0 atom stereocenters. The fourth-order valence-corrected chi connectivity index (χ4v) is 2.35. The summed E-state index contributed by atoms with van der Waals surface area (Å²) >= 11 is 30.4. The zero-order valence-corrected chi connectivity index (χ0v) is 22.0. The Hall–Kier alpha value is 3.33. The molecule has 0 aliphatic rings. The summed E-state index contributed by atoms with van der Waals surface area (Å²) in [5, 5.41) is 0. The van der Waals surface area contributed by atoms with Crippen molar-refractivity contribution >= 4 is 143 Å². The number of rotatable bonds is 0. The van der Waals surface area contributed by atoms with E-state index in [4.69, 9.17) is 0 Å². The second kappa shape index (κ2) is 6.84. The molecule has 0 radical (unpaired) electrons. The molecule has 0 amide bonds. The molecule has 1 aromatic rings. The number of nitrogens with zero attached hydrogens (tertiary/aromatic N) is 3. The van der Waals surface area contributed by atoms with E-state index in [1.165, 1.54) is 0 Å². The zero-order valence-electron chi connectivity index (χ0n) is 7.74. The van der Waals surface area contributed by atoms with Crippen LogP contribution in [0.25, 0.3) is 0 Å². The van der Waals surface area contributed by atoms with Crippen molar-refractivity contribution in [3.8, 4) is 0 Å². The van der Waals surface area contributed by atoms with E-state index in [-0.39, 0.29) is 0 Å². The van der Waals surface area contributed by atoms with Gasteiger partial charge < -0.3 is 0 Å². The van der Waals surface area contributed by atoms with Crippen LogP contribution in [0, 0.1) is 0 Å². The Morgan fingerprint density at radius 1 is 0.444 bits per heavy atom. The average molecular weight is 833 g/mol. The van der Waals surface area contributed by atoms with E-state index in [1.807, 2.05) is 0 Å². The lowest BCUT2D eigenvalue weighted by atomic mass is 10.5. The summed E-state index contributed by atoms with van der Waals surface area (Å²) in [6.45, 7) is 0. The molecule has 102 valence electrons. The molecule has 1 aromatic heterocycles. The van der Waals surface area contributed by atoms with Crippen LogP contribution in [0.2, 0.25) is 0 Å². The van der Waals surface area contributed by atoms with Gasteiger partial charge in [0.1, 0.15) is 0 Å². The van der Waals surface area contributed by atoms with E-state index in [0.717, 1.165) is 0 Å². The first kappa shape index (κ1) is 19.4. The highest BCUT2D eigenvalue weighted by molar-refractivity contribution is 9.39. The normalized spacial score (nSPS) is 13.8. The Morgan fingerprint density at radius 2 is 0.611 bits per heavy atom. The first-order valence-electron chi connectivity index (χ1n) is 3.79. The molecule has 0 bridgehead atoms. The highest BCUT2D eigenvalue weighted by Gasteiger charge is 2.35. The minimum Gasteiger partial charge on any atom is -0.211 e. The Bertz CT molecular complexity index is 364. The van der Waals surface area contributed by atoms with Gasteiger partial charge in [-0.25, -0.2) is 15.0 Å². The lowest BCUT2D eigenvalue weighted by Crippen LogP contribution is -2.19. The van der Waals surface area contributed by atoms with Gasteiger partial charge in [0.25, 0.3) is 0 Å². The van der Waals surface area contributed by atoms with Crippen LogP contribution in [0.3, 0.4) is 0 Å². The fraction of sp³-hybridized carbons (Fsp3) is 0.500. The summed E-state index contributed by atoms with van der Waals surface area (Å²) < 4.78 is -2.22. The molecule has 0 saturated carbocycles. The summed E-state index contributed by atoms with van der Waals surface area (Å²) in [4.78, 5) is 13.0. The Labute approximate surface area is 179 Å². The lowest BCUT2D eigenvalue weighted by molar-refractivity contribution is 0.834. The Balaban J connectivity index is 3.49. The molecule has 0 saturated heterocycles. The van der Waals surface area contributed by atoms with Crippen molar-refractivity contribution in [2.24, 2.45) is 0 Å². The minimum absolute atomic E-state index is 0.452. The fourth-order valence-electron chi connectivity index (χ4n) is 0.756. The molecule has 0 aliphatic heterocycles. The largest absolute Gasteiger partial charge is 0.211 e. The predicted molar refractivity (Wildman–Crippen MR) is 105 cm³/mol. The van der Waals surface area contributed by atoms with Crippen LogP contribution in [0.4, 0.5) is 0 Å². The van der Waals surface area contributed by atoms with Crippen LogP contribution >= 0.6 is 143 Å². The van der Waals surface area contributed by atoms with Crippen molar-refractivity contribution in [3.63, 3.8) is 0 Å². The van der Waals surface area contributed by atoms with Crippen LogP contribution in [0.1, 0.15) is 17.5 Å². The summed E-state index contributed by atoms with van der Waals surface area (Å²) in [6.07, 6.45) is 0. The molecule has 0 spiro atoms. The molecule has 0 aliphatic carbocycles. The molecule has 0 N–H and O–H groups in total. The lowest BCUT2D eigenvalue weighted by Gasteiger charge is -2.19. The summed E-state index contributed by atoms with van der Waals surface area (Å²) in [5.41, 5.74) is 0. The van der Waals surface area contributed by atoms with Gasteiger partial charge in [0, 0.05) is 0 Å². The molecular formula is C6Br9N3. The van der Waals surface area contributed by atoms with E-state index in [0.29, 0.717) is 17.5 Å². The number of aromatic nitrogens is 3. The summed E-state index contributed by atoms with van der Waals surface area (Å²) in [7, 11) is 0. The predicted octanol–water partition coefficient (Wildman–Crippen LogP) is 6.76. The summed E-state index contributed by atoms with van der Waals surface area (Å²) in [5.74, 6) is 1.36. The topological polar surface area (TPSA) is 38.7 Å². The Morgan fingerprint density at radius 3 is 0.722 bits per heavy atom. The van der Waals surface area contributed by atoms with E-state index in [9.17, 15) is 0 Å². The van der Waals surface area contributed by atoms with Gasteiger partial charge in [-0.1, -0.05) is 143 Å². The molecule has 1 rings (SSSR count). The quantitative estimate of drug-likeness (QED) is 0.272. The number of hydrogen-bond donors (Lipinski definition) is 0. The van der Waals surface area contributed by atoms with Crippen LogP contribution in [0.5, 0.6) is 0 Å². The standard InChI is InChI=1S/C6Br9N3/c7-4(8,9)1-16-2(5(10,11)12)18-3(17-1)6(13,14)15. The molecule has 12 heteroatoms. The second-order valence-electron chi connectivity index (χ2n) is 2.80. The van der Waals surface area contributed by atoms with Crippen molar-refractivity contribution in [3.05, 3.63) is 17.5 Å². The third kappa shape index (κ3) is 5.85. The maximum atomic E-state index is 4.32. The van der Waals surface area contributed by atoms with Gasteiger partial charge >= 0.3 is 0 Å². The monoisotopic (exact) mass is 824 g/mol.